The summed E-state index contributed by atoms with van der Waals surface area (Å²) in [4.78, 5) is 11.6. The van der Waals surface area contributed by atoms with Gasteiger partial charge in [-0.2, -0.15) is 0 Å². The van der Waals surface area contributed by atoms with Crippen LogP contribution in [-0.4, -0.2) is 11.1 Å². The lowest BCUT2D eigenvalue weighted by Crippen LogP contribution is -2.00. The number of fused-ring (bicyclic) bond motifs is 1. The highest BCUT2D eigenvalue weighted by atomic mass is 16.4. The van der Waals surface area contributed by atoms with E-state index in [1.807, 2.05) is 78.9 Å². The van der Waals surface area contributed by atoms with E-state index in [4.69, 9.17) is 0 Å². The quantitative estimate of drug-likeness (QED) is 0.702. The Morgan fingerprint density at radius 3 is 2.29 bits per heavy atom. The summed E-state index contributed by atoms with van der Waals surface area (Å²) >= 11 is 0. The second-order valence-electron chi connectivity index (χ2n) is 4.80. The number of carbonyl (C=O) groups is 1. The monoisotopic (exact) mass is 274 g/mol. The Balaban J connectivity index is 2.12. The lowest BCUT2D eigenvalue weighted by Gasteiger charge is -2.06. The van der Waals surface area contributed by atoms with Crippen LogP contribution in [0.3, 0.4) is 0 Å². The lowest BCUT2D eigenvalue weighted by molar-refractivity contribution is 0.0699. The third-order valence-corrected chi connectivity index (χ3v) is 3.43. The van der Waals surface area contributed by atoms with Gasteiger partial charge in [0, 0.05) is 0 Å². The fraction of sp³-hybridized carbons (Fsp3) is 0. The van der Waals surface area contributed by atoms with Crippen molar-refractivity contribution in [2.24, 2.45) is 0 Å². The average molecular weight is 274 g/mol. The third-order valence-electron chi connectivity index (χ3n) is 3.43. The van der Waals surface area contributed by atoms with Crippen LogP contribution < -0.4 is 0 Å². The van der Waals surface area contributed by atoms with Crippen molar-refractivity contribution in [3.8, 4) is 0 Å². The Kier molecular flexibility index (Phi) is 3.52. The van der Waals surface area contributed by atoms with Gasteiger partial charge in [-0.25, -0.2) is 4.79 Å². The Hall–Kier alpha value is -2.87. The van der Waals surface area contributed by atoms with E-state index in [2.05, 4.69) is 0 Å². The van der Waals surface area contributed by atoms with Crippen molar-refractivity contribution in [1.82, 2.24) is 0 Å². The van der Waals surface area contributed by atoms with Gasteiger partial charge in [0.25, 0.3) is 0 Å². The summed E-state index contributed by atoms with van der Waals surface area (Å²) in [6, 6.07) is 21.2. The second-order valence-corrected chi connectivity index (χ2v) is 4.80. The van der Waals surface area contributed by atoms with Crippen molar-refractivity contribution < 1.29 is 9.90 Å². The molecule has 0 bridgehead atoms. The highest BCUT2D eigenvalue weighted by Gasteiger charge is 2.12. The van der Waals surface area contributed by atoms with Gasteiger partial charge >= 0.3 is 5.97 Å². The number of hydrogen-bond donors (Lipinski definition) is 1. The van der Waals surface area contributed by atoms with E-state index >= 15 is 0 Å². The topological polar surface area (TPSA) is 37.3 Å². The molecule has 0 saturated carbocycles. The Bertz CT molecular complexity index is 817. The van der Waals surface area contributed by atoms with Gasteiger partial charge in [-0.15, -0.1) is 0 Å². The van der Waals surface area contributed by atoms with Gasteiger partial charge in [0.15, 0.2) is 0 Å². The molecular formula is C19H14O2. The number of carboxylic acid groups (broad SMARTS) is 1. The molecule has 1 N–H and O–H groups in total. The molecule has 0 aromatic heterocycles. The molecule has 2 nitrogen and oxygen atoms in total. The van der Waals surface area contributed by atoms with Crippen LogP contribution in [0.4, 0.5) is 0 Å². The largest absolute Gasteiger partial charge is 0.478 e. The second kappa shape index (κ2) is 5.63. The van der Waals surface area contributed by atoms with E-state index < -0.39 is 5.97 Å². The maximum absolute atomic E-state index is 11.6. The van der Waals surface area contributed by atoms with Crippen molar-refractivity contribution >= 4 is 28.9 Å². The number of carboxylic acids is 1. The molecule has 21 heavy (non-hydrogen) atoms. The lowest BCUT2D eigenvalue weighted by atomic mass is 9.98. The molecular weight excluding hydrogens is 260 g/mol. The number of hydrogen-bond acceptors (Lipinski definition) is 1. The number of benzene rings is 3. The van der Waals surface area contributed by atoms with Crippen LogP contribution in [0.25, 0.3) is 22.9 Å². The van der Waals surface area contributed by atoms with Crippen LogP contribution >= 0.6 is 0 Å². The minimum absolute atomic E-state index is 0.347. The first-order valence-electron chi connectivity index (χ1n) is 6.74. The van der Waals surface area contributed by atoms with Crippen molar-refractivity contribution in [3.05, 3.63) is 83.4 Å². The summed E-state index contributed by atoms with van der Waals surface area (Å²) in [5.74, 6) is -0.903. The molecule has 2 heteroatoms. The van der Waals surface area contributed by atoms with E-state index in [1.54, 1.807) is 0 Å². The first kappa shape index (κ1) is 13.1. The molecule has 3 aromatic carbocycles. The molecule has 0 radical (unpaired) electrons. The highest BCUT2D eigenvalue weighted by Crippen LogP contribution is 2.24. The molecule has 0 spiro atoms. The fourth-order valence-corrected chi connectivity index (χ4v) is 2.42. The van der Waals surface area contributed by atoms with Crippen LogP contribution in [-0.2, 0) is 0 Å². The molecule has 0 heterocycles. The predicted octanol–water partition coefficient (Wildman–Crippen LogP) is 4.71. The number of aromatic carboxylic acids is 1. The average Bonchev–Trinajstić information content (AvgIpc) is 2.53. The molecule has 0 saturated heterocycles. The summed E-state index contributed by atoms with van der Waals surface area (Å²) in [6.45, 7) is 0. The van der Waals surface area contributed by atoms with E-state index in [0.717, 1.165) is 16.3 Å². The Morgan fingerprint density at radius 2 is 1.52 bits per heavy atom. The summed E-state index contributed by atoms with van der Waals surface area (Å²) in [6.07, 6.45) is 3.78. The molecule has 102 valence electrons. The van der Waals surface area contributed by atoms with Gasteiger partial charge in [0.05, 0.1) is 5.56 Å². The summed E-state index contributed by atoms with van der Waals surface area (Å²) in [7, 11) is 0. The predicted molar refractivity (Wildman–Crippen MR) is 86.3 cm³/mol. The zero-order valence-electron chi connectivity index (χ0n) is 11.4. The van der Waals surface area contributed by atoms with Crippen molar-refractivity contribution in [2.45, 2.75) is 0 Å². The minimum Gasteiger partial charge on any atom is -0.478 e. The minimum atomic E-state index is -0.903. The molecule has 3 rings (SSSR count). The number of rotatable bonds is 3. The maximum Gasteiger partial charge on any atom is 0.336 e. The first-order chi connectivity index (χ1) is 10.3. The van der Waals surface area contributed by atoms with E-state index in [0.29, 0.717) is 11.1 Å². The first-order valence-corrected chi connectivity index (χ1v) is 6.74. The third kappa shape index (κ3) is 2.70. The standard InChI is InChI=1S/C19H14O2/c20-19(21)18-16(11-10-14-6-2-1-3-7-14)13-12-15-8-4-5-9-17(15)18/h1-13H,(H,20,21)/b11-10+. The van der Waals surface area contributed by atoms with Gasteiger partial charge < -0.3 is 5.11 Å². The molecule has 0 atom stereocenters. The van der Waals surface area contributed by atoms with E-state index in [-0.39, 0.29) is 0 Å². The van der Waals surface area contributed by atoms with E-state index in [9.17, 15) is 9.90 Å². The van der Waals surface area contributed by atoms with Crippen LogP contribution in [0.5, 0.6) is 0 Å². The van der Waals surface area contributed by atoms with Crippen LogP contribution in [0.1, 0.15) is 21.5 Å². The molecule has 0 amide bonds. The van der Waals surface area contributed by atoms with Gasteiger partial charge in [-0.05, 0) is 21.9 Å². The van der Waals surface area contributed by atoms with Crippen molar-refractivity contribution in [2.75, 3.05) is 0 Å². The summed E-state index contributed by atoms with van der Waals surface area (Å²) in [5, 5.41) is 11.2. The van der Waals surface area contributed by atoms with Crippen LogP contribution in [0, 0.1) is 0 Å². The van der Waals surface area contributed by atoms with Gasteiger partial charge in [0.1, 0.15) is 0 Å². The Labute approximate surface area is 123 Å². The molecule has 0 aliphatic rings. The zero-order valence-corrected chi connectivity index (χ0v) is 11.4. The molecule has 3 aromatic rings. The Morgan fingerprint density at radius 1 is 0.810 bits per heavy atom. The zero-order chi connectivity index (χ0) is 14.7. The van der Waals surface area contributed by atoms with Gasteiger partial charge in [-0.3, -0.25) is 0 Å². The summed E-state index contributed by atoms with van der Waals surface area (Å²) < 4.78 is 0. The smallest absolute Gasteiger partial charge is 0.336 e. The molecule has 0 aliphatic carbocycles. The van der Waals surface area contributed by atoms with Crippen LogP contribution in [0.2, 0.25) is 0 Å². The van der Waals surface area contributed by atoms with Gasteiger partial charge in [-0.1, -0.05) is 78.9 Å². The van der Waals surface area contributed by atoms with Crippen molar-refractivity contribution in [1.29, 1.82) is 0 Å². The molecule has 0 unspecified atom stereocenters. The summed E-state index contributed by atoms with van der Waals surface area (Å²) in [5.41, 5.74) is 2.10. The van der Waals surface area contributed by atoms with Crippen LogP contribution in [0.15, 0.2) is 66.7 Å². The SMILES string of the molecule is O=C(O)c1c(/C=C/c2ccccc2)ccc2ccccc12. The van der Waals surface area contributed by atoms with Gasteiger partial charge in [0.2, 0.25) is 0 Å². The maximum atomic E-state index is 11.6. The molecule has 0 aliphatic heterocycles. The fourth-order valence-electron chi connectivity index (χ4n) is 2.42. The highest BCUT2D eigenvalue weighted by molar-refractivity contribution is 6.07. The molecule has 0 fully saturated rings. The van der Waals surface area contributed by atoms with E-state index in [1.165, 1.54) is 0 Å². The normalized spacial score (nSPS) is 11.0. The van der Waals surface area contributed by atoms with Crippen molar-refractivity contribution in [3.63, 3.8) is 0 Å².